The van der Waals surface area contributed by atoms with Crippen LogP contribution in [0.25, 0.3) is 0 Å². The fourth-order valence-corrected chi connectivity index (χ4v) is 4.82. The normalized spacial score (nSPS) is 14.7. The molecule has 2 aromatic rings. The van der Waals surface area contributed by atoms with Gasteiger partial charge in [0.1, 0.15) is 0 Å². The zero-order valence-corrected chi connectivity index (χ0v) is 17.8. The predicted molar refractivity (Wildman–Crippen MR) is 111 cm³/mol. The summed E-state index contributed by atoms with van der Waals surface area (Å²) in [5.41, 5.74) is 0.344. The number of nitrogens with zero attached hydrogens (tertiary/aromatic N) is 2. The van der Waals surface area contributed by atoms with Crippen LogP contribution in [0.3, 0.4) is 0 Å². The van der Waals surface area contributed by atoms with Crippen LogP contribution in [-0.4, -0.2) is 49.1 Å². The Labute approximate surface area is 179 Å². The number of piperidine rings is 1. The number of carbonyl (C=O) groups is 2. The minimum Gasteiger partial charge on any atom is -0.454 e. The maximum Gasteiger partial charge on any atom is 0.338 e. The van der Waals surface area contributed by atoms with E-state index in [0.717, 1.165) is 25.3 Å². The maximum atomic E-state index is 12.7. The molecule has 2 aromatic carbocycles. The number of hydrogen-bond donors (Lipinski definition) is 0. The second-order valence-corrected chi connectivity index (χ2v) is 9.18. The zero-order chi connectivity index (χ0) is 22.6. The molecule has 0 unspecified atom stereocenters. The van der Waals surface area contributed by atoms with E-state index in [1.54, 1.807) is 6.92 Å². The Bertz CT molecular complexity index is 1110. The van der Waals surface area contributed by atoms with Gasteiger partial charge in [-0.15, -0.1) is 0 Å². The Hall–Kier alpha value is -3.11. The highest BCUT2D eigenvalue weighted by molar-refractivity contribution is 7.89. The average Bonchev–Trinajstić information content (AvgIpc) is 2.78. The van der Waals surface area contributed by atoms with Crippen LogP contribution in [0.5, 0.6) is 0 Å². The van der Waals surface area contributed by atoms with Crippen molar-refractivity contribution in [3.05, 3.63) is 69.3 Å². The Balaban J connectivity index is 1.64. The molecule has 9 nitrogen and oxygen atoms in total. The summed E-state index contributed by atoms with van der Waals surface area (Å²) >= 11 is 0. The first kappa shape index (κ1) is 22.6. The largest absolute Gasteiger partial charge is 0.454 e. The molecule has 0 aliphatic carbocycles. The number of carbonyl (C=O) groups excluding carboxylic acids is 2. The van der Waals surface area contributed by atoms with Crippen molar-refractivity contribution < 1.29 is 27.7 Å². The van der Waals surface area contributed by atoms with E-state index in [9.17, 15) is 28.1 Å². The van der Waals surface area contributed by atoms with Crippen molar-refractivity contribution in [1.82, 2.24) is 4.31 Å². The molecule has 164 valence electrons. The number of ether oxygens (including phenoxy) is 1. The van der Waals surface area contributed by atoms with Crippen molar-refractivity contribution in [3.63, 3.8) is 0 Å². The molecule has 10 heteroatoms. The first-order chi connectivity index (χ1) is 14.7. The van der Waals surface area contributed by atoms with E-state index in [0.29, 0.717) is 18.7 Å². The number of hydrogen-bond acceptors (Lipinski definition) is 7. The maximum absolute atomic E-state index is 12.7. The lowest BCUT2D eigenvalue weighted by Gasteiger charge is -2.25. The lowest BCUT2D eigenvalue weighted by molar-refractivity contribution is -0.385. The molecule has 0 atom stereocenters. The minimum absolute atomic E-state index is 0.0342. The Morgan fingerprint density at radius 3 is 2.26 bits per heavy atom. The Kier molecular flexibility index (Phi) is 6.81. The molecule has 1 heterocycles. The van der Waals surface area contributed by atoms with E-state index in [4.69, 9.17) is 4.74 Å². The second kappa shape index (κ2) is 9.36. The second-order valence-electron chi connectivity index (χ2n) is 7.25. The standard InChI is InChI=1S/C21H22N2O7S/c1-15-5-6-17(13-19(15)23(26)27)21(25)30-14-20(24)16-7-9-18(10-8-16)31(28,29)22-11-3-2-4-12-22/h5-10,13H,2-4,11-12,14H2,1H3. The van der Waals surface area contributed by atoms with Crippen LogP contribution in [-0.2, 0) is 14.8 Å². The van der Waals surface area contributed by atoms with Crippen molar-refractivity contribution >= 4 is 27.5 Å². The van der Waals surface area contributed by atoms with Crippen LogP contribution >= 0.6 is 0 Å². The molecule has 1 fully saturated rings. The number of nitro benzene ring substituents is 1. The summed E-state index contributed by atoms with van der Waals surface area (Å²) < 4.78 is 31.7. The number of Topliss-reactive ketones (excluding diaryl/α,β-unsaturated/α-hetero) is 1. The number of ketones is 1. The number of rotatable bonds is 7. The molecule has 0 radical (unpaired) electrons. The molecule has 3 rings (SSSR count). The van der Waals surface area contributed by atoms with Gasteiger partial charge in [0.05, 0.1) is 15.4 Å². The molecule has 0 aromatic heterocycles. The molecule has 0 saturated carbocycles. The van der Waals surface area contributed by atoms with E-state index in [1.165, 1.54) is 40.7 Å². The molecule has 1 aliphatic rings. The van der Waals surface area contributed by atoms with Crippen molar-refractivity contribution in [1.29, 1.82) is 0 Å². The van der Waals surface area contributed by atoms with Crippen LogP contribution in [0.2, 0.25) is 0 Å². The first-order valence-electron chi connectivity index (χ1n) is 9.76. The van der Waals surface area contributed by atoms with Crippen LogP contribution in [0, 0.1) is 17.0 Å². The SMILES string of the molecule is Cc1ccc(C(=O)OCC(=O)c2ccc(S(=O)(=O)N3CCCCC3)cc2)cc1[N+](=O)[O-]. The highest BCUT2D eigenvalue weighted by atomic mass is 32.2. The highest BCUT2D eigenvalue weighted by Crippen LogP contribution is 2.22. The summed E-state index contributed by atoms with van der Waals surface area (Å²) in [6, 6.07) is 9.40. The van der Waals surface area contributed by atoms with Gasteiger partial charge in [0, 0.05) is 30.3 Å². The lowest BCUT2D eigenvalue weighted by atomic mass is 10.1. The summed E-state index contributed by atoms with van der Waals surface area (Å²) in [6.07, 6.45) is 2.66. The van der Waals surface area contributed by atoms with Gasteiger partial charge in [-0.05, 0) is 50.1 Å². The summed E-state index contributed by atoms with van der Waals surface area (Å²) in [4.78, 5) is 35.0. The van der Waals surface area contributed by atoms with E-state index in [-0.39, 0.29) is 21.7 Å². The molecular formula is C21H22N2O7S. The molecule has 31 heavy (non-hydrogen) atoms. The summed E-state index contributed by atoms with van der Waals surface area (Å²) in [5, 5.41) is 11.0. The number of aryl methyl sites for hydroxylation is 1. The summed E-state index contributed by atoms with van der Waals surface area (Å²) in [6.45, 7) is 1.94. The van der Waals surface area contributed by atoms with Crippen LogP contribution < -0.4 is 0 Å². The van der Waals surface area contributed by atoms with Gasteiger partial charge in [-0.2, -0.15) is 4.31 Å². The van der Waals surface area contributed by atoms with Gasteiger partial charge in [-0.25, -0.2) is 13.2 Å². The van der Waals surface area contributed by atoms with Gasteiger partial charge in [0.2, 0.25) is 10.0 Å². The molecule has 0 bridgehead atoms. The topological polar surface area (TPSA) is 124 Å². The molecule has 0 spiro atoms. The smallest absolute Gasteiger partial charge is 0.338 e. The number of sulfonamides is 1. The van der Waals surface area contributed by atoms with Crippen molar-refractivity contribution in [2.45, 2.75) is 31.1 Å². The lowest BCUT2D eigenvalue weighted by Crippen LogP contribution is -2.35. The van der Waals surface area contributed by atoms with E-state index in [1.807, 2.05) is 0 Å². The molecular weight excluding hydrogens is 424 g/mol. The van der Waals surface area contributed by atoms with Gasteiger partial charge in [0.15, 0.2) is 12.4 Å². The van der Waals surface area contributed by atoms with Crippen molar-refractivity contribution in [3.8, 4) is 0 Å². The van der Waals surface area contributed by atoms with Gasteiger partial charge >= 0.3 is 5.97 Å². The monoisotopic (exact) mass is 446 g/mol. The van der Waals surface area contributed by atoms with Crippen molar-refractivity contribution in [2.24, 2.45) is 0 Å². The predicted octanol–water partition coefficient (Wildman–Crippen LogP) is 3.12. The third-order valence-electron chi connectivity index (χ3n) is 5.10. The summed E-state index contributed by atoms with van der Waals surface area (Å²) in [5.74, 6) is -1.38. The van der Waals surface area contributed by atoms with Crippen LogP contribution in [0.4, 0.5) is 5.69 Å². The average molecular weight is 446 g/mol. The first-order valence-corrected chi connectivity index (χ1v) is 11.2. The van der Waals surface area contributed by atoms with Crippen LogP contribution in [0.1, 0.15) is 45.5 Å². The van der Waals surface area contributed by atoms with Crippen LogP contribution in [0.15, 0.2) is 47.4 Å². The van der Waals surface area contributed by atoms with Gasteiger partial charge in [-0.1, -0.05) is 12.5 Å². The van der Waals surface area contributed by atoms with E-state index < -0.39 is 33.3 Å². The summed E-state index contributed by atoms with van der Waals surface area (Å²) in [7, 11) is -3.60. The van der Waals surface area contributed by atoms with Gasteiger partial charge in [0.25, 0.3) is 5.69 Å². The highest BCUT2D eigenvalue weighted by Gasteiger charge is 2.26. The Morgan fingerprint density at radius 1 is 1.03 bits per heavy atom. The van der Waals surface area contributed by atoms with Crippen molar-refractivity contribution in [2.75, 3.05) is 19.7 Å². The van der Waals surface area contributed by atoms with Gasteiger partial charge in [-0.3, -0.25) is 14.9 Å². The third-order valence-corrected chi connectivity index (χ3v) is 7.02. The number of esters is 1. The zero-order valence-electron chi connectivity index (χ0n) is 16.9. The molecule has 0 N–H and O–H groups in total. The quantitative estimate of drug-likeness (QED) is 0.277. The van der Waals surface area contributed by atoms with E-state index >= 15 is 0 Å². The third kappa shape index (κ3) is 5.15. The fourth-order valence-electron chi connectivity index (χ4n) is 3.30. The minimum atomic E-state index is -3.60. The van der Waals surface area contributed by atoms with E-state index in [2.05, 4.69) is 0 Å². The molecule has 1 aliphatic heterocycles. The Morgan fingerprint density at radius 2 is 1.65 bits per heavy atom. The van der Waals surface area contributed by atoms with Gasteiger partial charge < -0.3 is 4.74 Å². The number of benzene rings is 2. The fraction of sp³-hybridized carbons (Fsp3) is 0.333. The molecule has 0 amide bonds. The molecule has 1 saturated heterocycles. The number of nitro groups is 1.